The number of carbonyl (C=O) groups is 1. The molecule has 2 aliphatic heterocycles. The smallest absolute Gasteiger partial charge is 0.274 e. The van der Waals surface area contributed by atoms with Crippen molar-refractivity contribution in [3.8, 4) is 0 Å². The van der Waals surface area contributed by atoms with Gasteiger partial charge in [0.05, 0.1) is 6.04 Å². The van der Waals surface area contributed by atoms with Crippen LogP contribution in [0.2, 0.25) is 0 Å². The van der Waals surface area contributed by atoms with Crippen LogP contribution in [0.3, 0.4) is 0 Å². The van der Waals surface area contributed by atoms with Crippen molar-refractivity contribution in [2.45, 2.75) is 43.7 Å². The second-order valence-corrected chi connectivity index (χ2v) is 8.35. The second-order valence-electron chi connectivity index (χ2n) is 8.35. The lowest BCUT2D eigenvalue weighted by molar-refractivity contribution is -0.138. The molecule has 2 unspecified atom stereocenters. The van der Waals surface area contributed by atoms with Crippen molar-refractivity contribution in [1.82, 2.24) is 15.0 Å². The fourth-order valence-corrected chi connectivity index (χ4v) is 4.78. The van der Waals surface area contributed by atoms with Crippen LogP contribution >= 0.6 is 0 Å². The van der Waals surface area contributed by atoms with Crippen molar-refractivity contribution in [2.24, 2.45) is 11.0 Å². The largest absolute Gasteiger partial charge is 0.360 e. The minimum atomic E-state index is -0.664. The van der Waals surface area contributed by atoms with E-state index in [1.54, 1.807) is 12.3 Å². The third-order valence-electron chi connectivity index (χ3n) is 6.43. The molecule has 1 saturated heterocycles. The average molecular weight is 422 g/mol. The number of anilines is 1. The van der Waals surface area contributed by atoms with Crippen LogP contribution in [-0.2, 0) is 4.79 Å². The Balaban J connectivity index is 1.34. The molecular formula is C22H20F2N6O. The number of hydrazone groups is 1. The van der Waals surface area contributed by atoms with Gasteiger partial charge in [-0.1, -0.05) is 6.57 Å². The first-order valence-electron chi connectivity index (χ1n) is 10.3. The summed E-state index contributed by atoms with van der Waals surface area (Å²) in [7, 11) is 0. The lowest BCUT2D eigenvalue weighted by Crippen LogP contribution is -2.48. The lowest BCUT2D eigenvalue weighted by Gasteiger charge is -2.41. The highest BCUT2D eigenvalue weighted by Crippen LogP contribution is 2.52. The highest BCUT2D eigenvalue weighted by Gasteiger charge is 2.54. The fourth-order valence-electron chi connectivity index (χ4n) is 4.78. The maximum atomic E-state index is 13.7. The van der Waals surface area contributed by atoms with E-state index in [1.807, 2.05) is 0 Å². The molecule has 3 heterocycles. The molecule has 0 N–H and O–H groups in total. The van der Waals surface area contributed by atoms with E-state index < -0.39 is 17.7 Å². The van der Waals surface area contributed by atoms with E-state index in [0.29, 0.717) is 37.2 Å². The van der Waals surface area contributed by atoms with Gasteiger partial charge in [-0.05, 0) is 43.4 Å². The minimum absolute atomic E-state index is 0.112. The molecule has 7 nitrogen and oxygen atoms in total. The SMILES string of the molecule is [C-]#[N+]c1cc(N2CCC(C(=O)N3N=CCC3c3cc(F)cc(F)c3)CC23CC3)ncn1. The monoisotopic (exact) mass is 422 g/mol. The van der Waals surface area contributed by atoms with Crippen molar-refractivity contribution in [3.63, 3.8) is 0 Å². The molecule has 5 rings (SSSR count). The zero-order valence-electron chi connectivity index (χ0n) is 16.7. The molecule has 0 bridgehead atoms. The summed E-state index contributed by atoms with van der Waals surface area (Å²) in [5.74, 6) is -0.644. The van der Waals surface area contributed by atoms with E-state index in [4.69, 9.17) is 6.57 Å². The minimum Gasteiger partial charge on any atom is -0.360 e. The molecular weight excluding hydrogens is 402 g/mol. The first kappa shape index (κ1) is 19.5. The van der Waals surface area contributed by atoms with Crippen LogP contribution in [0.5, 0.6) is 0 Å². The summed E-state index contributed by atoms with van der Waals surface area (Å²) < 4.78 is 27.4. The van der Waals surface area contributed by atoms with Gasteiger partial charge in [-0.15, -0.1) is 4.98 Å². The molecule has 3 aliphatic rings. The Morgan fingerprint density at radius 3 is 2.65 bits per heavy atom. The van der Waals surface area contributed by atoms with Crippen LogP contribution in [0, 0.1) is 24.1 Å². The maximum Gasteiger partial charge on any atom is 0.274 e. The van der Waals surface area contributed by atoms with Gasteiger partial charge in [0.1, 0.15) is 17.5 Å². The molecule has 9 heteroatoms. The number of halogens is 2. The van der Waals surface area contributed by atoms with Gasteiger partial charge >= 0.3 is 0 Å². The van der Waals surface area contributed by atoms with Crippen LogP contribution < -0.4 is 4.90 Å². The van der Waals surface area contributed by atoms with Crippen molar-refractivity contribution >= 4 is 23.8 Å². The summed E-state index contributed by atoms with van der Waals surface area (Å²) in [6, 6.07) is 4.54. The number of aromatic nitrogens is 2. The Morgan fingerprint density at radius 1 is 1.16 bits per heavy atom. The number of hydrogen-bond donors (Lipinski definition) is 0. The molecule has 1 amide bonds. The molecule has 2 fully saturated rings. The molecule has 2 aromatic rings. The number of piperidine rings is 1. The van der Waals surface area contributed by atoms with E-state index in [9.17, 15) is 13.6 Å². The Kier molecular flexibility index (Phi) is 4.65. The standard InChI is InChI=1S/C22H20F2N6O/c1-25-19-11-20(27-13-26-19)29-7-3-14(12-22(29)4-5-22)21(31)30-18(2-6-28-30)15-8-16(23)10-17(24)9-15/h6,8-11,13-14,18H,2-5,7,12H2. The number of nitrogens with zero attached hydrogens (tertiary/aromatic N) is 6. The number of benzene rings is 1. The van der Waals surface area contributed by atoms with E-state index in [2.05, 4.69) is 24.8 Å². The highest BCUT2D eigenvalue weighted by atomic mass is 19.1. The van der Waals surface area contributed by atoms with Gasteiger partial charge in [0.25, 0.3) is 5.82 Å². The number of rotatable bonds is 3. The van der Waals surface area contributed by atoms with Crippen molar-refractivity contribution < 1.29 is 13.6 Å². The third kappa shape index (κ3) is 3.52. The average Bonchev–Trinajstić information content (AvgIpc) is 3.34. The van der Waals surface area contributed by atoms with E-state index in [1.165, 1.54) is 23.5 Å². The van der Waals surface area contributed by atoms with E-state index in [-0.39, 0.29) is 17.4 Å². The topological polar surface area (TPSA) is 66.1 Å². The van der Waals surface area contributed by atoms with Crippen LogP contribution in [0.4, 0.5) is 20.4 Å². The Hall–Kier alpha value is -3.41. The summed E-state index contributed by atoms with van der Waals surface area (Å²) in [5, 5.41) is 5.64. The lowest BCUT2D eigenvalue weighted by atomic mass is 9.87. The van der Waals surface area contributed by atoms with Gasteiger partial charge in [0.15, 0.2) is 0 Å². The van der Waals surface area contributed by atoms with Crippen molar-refractivity contribution in [1.29, 1.82) is 0 Å². The predicted molar refractivity (Wildman–Crippen MR) is 109 cm³/mol. The maximum absolute atomic E-state index is 13.7. The first-order chi connectivity index (χ1) is 15.0. The Morgan fingerprint density at radius 2 is 1.94 bits per heavy atom. The molecule has 158 valence electrons. The van der Waals surface area contributed by atoms with Crippen LogP contribution in [-0.4, -0.2) is 39.2 Å². The molecule has 2 atom stereocenters. The van der Waals surface area contributed by atoms with Gasteiger partial charge in [-0.25, -0.2) is 13.8 Å². The quantitative estimate of drug-likeness (QED) is 0.701. The molecule has 31 heavy (non-hydrogen) atoms. The molecule has 1 aliphatic carbocycles. The summed E-state index contributed by atoms with van der Waals surface area (Å²) in [6.45, 7) is 7.82. The summed E-state index contributed by atoms with van der Waals surface area (Å²) in [5.41, 5.74) is 0.269. The second kappa shape index (κ2) is 7.38. The zero-order chi connectivity index (χ0) is 21.6. The number of amides is 1. The molecule has 1 aromatic heterocycles. The van der Waals surface area contributed by atoms with Crippen LogP contribution in [0.15, 0.2) is 35.7 Å². The van der Waals surface area contributed by atoms with Crippen LogP contribution in [0.1, 0.15) is 43.7 Å². The molecule has 0 radical (unpaired) electrons. The summed E-state index contributed by atoms with van der Waals surface area (Å²) in [4.78, 5) is 27.2. The van der Waals surface area contributed by atoms with Gasteiger partial charge in [-0.2, -0.15) is 10.1 Å². The normalized spacial score (nSPS) is 23.8. The Bertz CT molecular complexity index is 1090. The fraction of sp³-hybridized carbons (Fsp3) is 0.409. The number of carbonyl (C=O) groups excluding carboxylic acids is 1. The number of hydrogen-bond acceptors (Lipinski definition) is 5. The van der Waals surface area contributed by atoms with E-state index >= 15 is 0 Å². The summed E-state index contributed by atoms with van der Waals surface area (Å²) >= 11 is 0. The van der Waals surface area contributed by atoms with Gasteiger partial charge < -0.3 is 9.74 Å². The van der Waals surface area contributed by atoms with Crippen LogP contribution in [0.25, 0.3) is 4.85 Å². The molecule has 1 saturated carbocycles. The van der Waals surface area contributed by atoms with Gasteiger partial charge in [0, 0.05) is 42.8 Å². The molecule has 1 spiro atoms. The molecule has 1 aromatic carbocycles. The first-order valence-corrected chi connectivity index (χ1v) is 10.3. The van der Waals surface area contributed by atoms with E-state index in [0.717, 1.165) is 24.7 Å². The van der Waals surface area contributed by atoms with Gasteiger partial charge in [0.2, 0.25) is 12.2 Å². The third-order valence-corrected chi connectivity index (χ3v) is 6.43. The predicted octanol–water partition coefficient (Wildman–Crippen LogP) is 4.01. The van der Waals surface area contributed by atoms with Crippen molar-refractivity contribution in [2.75, 3.05) is 11.4 Å². The highest BCUT2D eigenvalue weighted by molar-refractivity contribution is 5.82. The Labute approximate surface area is 178 Å². The summed E-state index contributed by atoms with van der Waals surface area (Å²) in [6.07, 6.45) is 6.65. The van der Waals surface area contributed by atoms with Gasteiger partial charge in [-0.3, -0.25) is 4.79 Å². The zero-order valence-corrected chi connectivity index (χ0v) is 16.7. The van der Waals surface area contributed by atoms with Crippen molar-refractivity contribution in [3.05, 3.63) is 59.2 Å².